The summed E-state index contributed by atoms with van der Waals surface area (Å²) in [5.41, 5.74) is -5.98. The number of hydrogen-bond donors (Lipinski definition) is 2. The first-order chi connectivity index (χ1) is 13.8. The lowest BCUT2D eigenvalue weighted by molar-refractivity contribution is -0.0452. The largest absolute Gasteiger partial charge is 0.511 e. The summed E-state index contributed by atoms with van der Waals surface area (Å²) in [6.45, 7) is 1.74. The van der Waals surface area contributed by atoms with Gasteiger partial charge in [-0.25, -0.2) is 30.3 Å². The van der Waals surface area contributed by atoms with Crippen LogP contribution in [0, 0.1) is 11.6 Å². The highest BCUT2D eigenvalue weighted by Crippen LogP contribution is 2.45. The van der Waals surface area contributed by atoms with Crippen LogP contribution < -0.4 is 9.44 Å². The van der Waals surface area contributed by atoms with Crippen LogP contribution in [-0.2, 0) is 24.8 Å². The third-order valence-electron chi connectivity index (χ3n) is 4.93. The predicted octanol–water partition coefficient (Wildman–Crippen LogP) is 3.39. The molecule has 0 atom stereocenters. The highest BCUT2D eigenvalue weighted by atomic mass is 32.2. The van der Waals surface area contributed by atoms with E-state index in [4.69, 9.17) is 0 Å². The number of nitrogens with one attached hydrogen (secondary N) is 2. The fraction of sp³-hybridized carbons (Fsp3) is 0.529. The molecule has 170 valence electrons. The fourth-order valence-electron chi connectivity index (χ4n) is 3.39. The minimum atomic E-state index is -5.63. The Hall–Kier alpha value is -1.73. The summed E-state index contributed by atoms with van der Waals surface area (Å²) < 4.78 is 117. The molecule has 0 amide bonds. The first-order valence-corrected chi connectivity index (χ1v) is 11.9. The monoisotopic (exact) mass is 476 g/mol. The van der Waals surface area contributed by atoms with E-state index in [0.29, 0.717) is 6.42 Å². The van der Waals surface area contributed by atoms with Gasteiger partial charge < -0.3 is 0 Å². The smallest absolute Gasteiger partial charge is 0.290 e. The van der Waals surface area contributed by atoms with Crippen molar-refractivity contribution in [3.8, 4) is 0 Å². The van der Waals surface area contributed by atoms with Gasteiger partial charge >= 0.3 is 15.5 Å². The minimum absolute atomic E-state index is 0.330. The van der Waals surface area contributed by atoms with Crippen molar-refractivity contribution < 1.29 is 38.8 Å². The fourth-order valence-corrected chi connectivity index (χ4v) is 5.91. The number of alkyl halides is 3. The van der Waals surface area contributed by atoms with Gasteiger partial charge in [-0.2, -0.15) is 13.2 Å². The number of hydrogen-bond acceptors (Lipinski definition) is 4. The van der Waals surface area contributed by atoms with E-state index in [0.717, 1.165) is 24.4 Å². The Morgan fingerprint density at radius 2 is 1.73 bits per heavy atom. The summed E-state index contributed by atoms with van der Waals surface area (Å²) in [6.07, 6.45) is 1.60. The van der Waals surface area contributed by atoms with Crippen LogP contribution >= 0.6 is 0 Å². The van der Waals surface area contributed by atoms with Gasteiger partial charge in [0.05, 0.1) is 0 Å². The Morgan fingerprint density at radius 3 is 2.27 bits per heavy atom. The zero-order chi connectivity index (χ0) is 22.8. The van der Waals surface area contributed by atoms with E-state index < -0.39 is 66.4 Å². The number of allylic oxidation sites excluding steroid dienone is 1. The van der Waals surface area contributed by atoms with E-state index in [1.807, 2.05) is 0 Å². The second-order valence-corrected chi connectivity index (χ2v) is 10.6. The summed E-state index contributed by atoms with van der Waals surface area (Å²) in [7, 11) is -9.98. The summed E-state index contributed by atoms with van der Waals surface area (Å²) in [5.74, 6) is -1.87. The van der Waals surface area contributed by atoms with Crippen molar-refractivity contribution in [3.63, 3.8) is 0 Å². The van der Waals surface area contributed by atoms with E-state index >= 15 is 0 Å². The third kappa shape index (κ3) is 4.94. The molecule has 0 heterocycles. The van der Waals surface area contributed by atoms with Gasteiger partial charge in [-0.3, -0.25) is 4.72 Å². The molecule has 2 N–H and O–H groups in total. The molecule has 0 bridgehead atoms. The Labute approximate surface area is 171 Å². The molecule has 0 saturated heterocycles. The molecule has 0 aromatic heterocycles. The molecule has 1 fully saturated rings. The number of benzene rings is 1. The van der Waals surface area contributed by atoms with Crippen LogP contribution in [0.3, 0.4) is 0 Å². The molecule has 6 nitrogen and oxygen atoms in total. The highest BCUT2D eigenvalue weighted by molar-refractivity contribution is 7.90. The Balaban J connectivity index is 2.41. The average molecular weight is 476 g/mol. The third-order valence-corrected chi connectivity index (χ3v) is 8.29. The first kappa shape index (κ1) is 24.5. The molecular formula is C17H21F5N2O4S2. The van der Waals surface area contributed by atoms with Gasteiger partial charge in [0.15, 0.2) is 0 Å². The van der Waals surface area contributed by atoms with Crippen LogP contribution in [0.1, 0.15) is 44.6 Å². The molecule has 1 aliphatic rings. The van der Waals surface area contributed by atoms with Crippen LogP contribution in [0.15, 0.2) is 30.5 Å². The minimum Gasteiger partial charge on any atom is -0.290 e. The normalized spacial score (nSPS) is 23.6. The second-order valence-electron chi connectivity index (χ2n) is 6.89. The topological polar surface area (TPSA) is 92.3 Å². The molecule has 0 aliphatic heterocycles. The molecule has 0 spiro atoms. The van der Waals surface area contributed by atoms with Crippen molar-refractivity contribution >= 4 is 20.0 Å². The van der Waals surface area contributed by atoms with Crippen molar-refractivity contribution in [1.29, 1.82) is 0 Å². The zero-order valence-electron chi connectivity index (χ0n) is 15.8. The van der Waals surface area contributed by atoms with Gasteiger partial charge in [-0.05, 0) is 50.3 Å². The van der Waals surface area contributed by atoms with Gasteiger partial charge in [-0.1, -0.05) is 13.0 Å². The molecule has 0 unspecified atom stereocenters. The van der Waals surface area contributed by atoms with Gasteiger partial charge in [0, 0.05) is 17.8 Å². The van der Waals surface area contributed by atoms with Crippen molar-refractivity contribution in [2.24, 2.45) is 0 Å². The van der Waals surface area contributed by atoms with E-state index in [2.05, 4.69) is 4.72 Å². The average Bonchev–Trinajstić information content (AvgIpc) is 2.63. The SMILES string of the molecule is CC/C=C/NS(=O)(=O)C1(c2cc(F)ccc2F)CCC(NS(=O)(=O)C(F)(F)F)CC1. The predicted molar refractivity (Wildman–Crippen MR) is 99.9 cm³/mol. The van der Waals surface area contributed by atoms with Crippen LogP contribution in [0.4, 0.5) is 22.0 Å². The highest BCUT2D eigenvalue weighted by Gasteiger charge is 2.52. The Kier molecular flexibility index (Phi) is 7.19. The quantitative estimate of drug-likeness (QED) is 0.591. The maximum atomic E-state index is 14.5. The van der Waals surface area contributed by atoms with E-state index in [9.17, 15) is 38.8 Å². The molecule has 2 rings (SSSR count). The molecule has 30 heavy (non-hydrogen) atoms. The summed E-state index contributed by atoms with van der Waals surface area (Å²) in [5, 5.41) is 0. The lowest BCUT2D eigenvalue weighted by atomic mass is 9.81. The number of rotatable bonds is 7. The van der Waals surface area contributed by atoms with Gasteiger partial charge in [0.1, 0.15) is 16.4 Å². The molecule has 0 radical (unpaired) electrons. The zero-order valence-corrected chi connectivity index (χ0v) is 17.5. The number of sulfonamides is 2. The lowest BCUT2D eigenvalue weighted by Crippen LogP contribution is -2.50. The molecular weight excluding hydrogens is 455 g/mol. The summed E-state index contributed by atoms with van der Waals surface area (Å²) in [6, 6.07) is 1.11. The van der Waals surface area contributed by atoms with Crippen molar-refractivity contribution in [1.82, 2.24) is 9.44 Å². The molecule has 1 aromatic carbocycles. The van der Waals surface area contributed by atoms with Crippen LogP contribution in [0.2, 0.25) is 0 Å². The van der Waals surface area contributed by atoms with Crippen LogP contribution in [-0.4, -0.2) is 28.4 Å². The van der Waals surface area contributed by atoms with E-state index in [1.165, 1.54) is 10.8 Å². The molecule has 1 saturated carbocycles. The Bertz CT molecular complexity index is 999. The maximum absolute atomic E-state index is 14.5. The van der Waals surface area contributed by atoms with Crippen LogP contribution in [0.5, 0.6) is 0 Å². The summed E-state index contributed by atoms with van der Waals surface area (Å²) in [4.78, 5) is 0. The standard InChI is InChI=1S/C17H21F5N2O4S2/c1-2-3-10-23-29(25,26)16(14-11-12(18)4-5-15(14)19)8-6-13(7-9-16)24-30(27,28)17(20,21)22/h3-5,10-11,13,23-24H,2,6-9H2,1H3/b10-3+. The second kappa shape index (κ2) is 8.79. The van der Waals surface area contributed by atoms with Crippen molar-refractivity contribution in [2.45, 2.75) is 55.3 Å². The summed E-state index contributed by atoms with van der Waals surface area (Å²) >= 11 is 0. The Morgan fingerprint density at radius 1 is 1.13 bits per heavy atom. The van der Waals surface area contributed by atoms with Gasteiger partial charge in [-0.15, -0.1) is 0 Å². The van der Waals surface area contributed by atoms with E-state index in [1.54, 1.807) is 6.92 Å². The van der Waals surface area contributed by atoms with Gasteiger partial charge in [0.25, 0.3) is 0 Å². The van der Waals surface area contributed by atoms with Crippen molar-refractivity contribution in [2.75, 3.05) is 0 Å². The maximum Gasteiger partial charge on any atom is 0.511 e. The first-order valence-electron chi connectivity index (χ1n) is 8.97. The van der Waals surface area contributed by atoms with Gasteiger partial charge in [0.2, 0.25) is 10.0 Å². The number of halogens is 5. The molecule has 13 heteroatoms. The van der Waals surface area contributed by atoms with Crippen LogP contribution in [0.25, 0.3) is 0 Å². The van der Waals surface area contributed by atoms with E-state index in [-0.39, 0.29) is 12.8 Å². The van der Waals surface area contributed by atoms with Crippen molar-refractivity contribution in [3.05, 3.63) is 47.7 Å². The molecule has 1 aliphatic carbocycles. The molecule has 1 aromatic rings. The lowest BCUT2D eigenvalue weighted by Gasteiger charge is -2.39.